The SMILES string of the molecule is C1CCOC1.C1CCOC1.C1CCOC1.C1CCOC1.O=C1C=Cc2cccc3ccc([O-])c1c23.O=C1C=Cc2cccc3ccc([O-])c1c23.[Ni+2]. The summed E-state index contributed by atoms with van der Waals surface area (Å²) in [6.07, 6.45) is 16.7. The third-order valence-electron chi connectivity index (χ3n) is 8.71. The van der Waals surface area contributed by atoms with Gasteiger partial charge in [-0.15, -0.1) is 0 Å². The van der Waals surface area contributed by atoms with E-state index in [1.54, 1.807) is 24.3 Å². The molecule has 4 fully saturated rings. The first-order chi connectivity index (χ1) is 24.5. The van der Waals surface area contributed by atoms with Gasteiger partial charge in [0.25, 0.3) is 0 Å². The molecule has 4 saturated heterocycles. The predicted molar refractivity (Wildman–Crippen MR) is 194 cm³/mol. The van der Waals surface area contributed by atoms with Crippen LogP contribution in [0.5, 0.6) is 11.5 Å². The summed E-state index contributed by atoms with van der Waals surface area (Å²) in [6, 6.07) is 17.9. The van der Waals surface area contributed by atoms with Crippen molar-refractivity contribution >= 4 is 45.3 Å². The predicted octanol–water partition coefficient (Wildman–Crippen LogP) is 7.43. The molecule has 2 aliphatic carbocycles. The van der Waals surface area contributed by atoms with Crippen LogP contribution in [0.25, 0.3) is 33.7 Å². The van der Waals surface area contributed by atoms with Crippen LogP contribution in [0, 0.1) is 0 Å². The largest absolute Gasteiger partial charge is 2.00 e. The van der Waals surface area contributed by atoms with Gasteiger partial charge in [0.2, 0.25) is 0 Å². The monoisotopic (exact) mass is 736 g/mol. The van der Waals surface area contributed by atoms with E-state index in [-0.39, 0.29) is 39.6 Å². The van der Waals surface area contributed by atoms with E-state index < -0.39 is 0 Å². The first-order valence-corrected chi connectivity index (χ1v) is 17.8. The Hall–Kier alpha value is -3.85. The van der Waals surface area contributed by atoms with E-state index in [0.717, 1.165) is 85.5 Å². The van der Waals surface area contributed by atoms with Gasteiger partial charge in [-0.05, 0) is 96.2 Å². The van der Waals surface area contributed by atoms with Crippen molar-refractivity contribution in [3.63, 3.8) is 0 Å². The van der Waals surface area contributed by atoms with Crippen LogP contribution in [0.4, 0.5) is 0 Å². The molecule has 9 heteroatoms. The molecule has 0 saturated carbocycles. The number of rotatable bonds is 0. The minimum Gasteiger partial charge on any atom is -0.872 e. The van der Waals surface area contributed by atoms with Crippen LogP contribution >= 0.6 is 0 Å². The zero-order valence-corrected chi connectivity index (χ0v) is 30.0. The minimum atomic E-state index is -0.190. The summed E-state index contributed by atoms with van der Waals surface area (Å²) >= 11 is 0. The number of hydrogen-bond acceptors (Lipinski definition) is 8. The van der Waals surface area contributed by atoms with Crippen molar-refractivity contribution < 1.29 is 55.2 Å². The smallest absolute Gasteiger partial charge is 0.872 e. The quantitative estimate of drug-likeness (QED) is 0.171. The van der Waals surface area contributed by atoms with Gasteiger partial charge in [0.15, 0.2) is 11.6 Å². The maximum atomic E-state index is 11.6. The van der Waals surface area contributed by atoms with Gasteiger partial charge in [0, 0.05) is 64.0 Å². The van der Waals surface area contributed by atoms with Crippen molar-refractivity contribution in [3.05, 3.63) is 95.1 Å². The first kappa shape index (κ1) is 39.9. The molecule has 0 radical (unpaired) electrons. The van der Waals surface area contributed by atoms with Gasteiger partial charge < -0.3 is 29.2 Å². The molecule has 4 aromatic rings. The summed E-state index contributed by atoms with van der Waals surface area (Å²) in [6.45, 7) is 8.00. The molecule has 0 aromatic heterocycles. The van der Waals surface area contributed by atoms with Crippen LogP contribution in [0.2, 0.25) is 0 Å². The molecular formula is C42H46NiO8. The van der Waals surface area contributed by atoms with E-state index in [1.165, 1.54) is 75.7 Å². The average Bonchev–Trinajstić information content (AvgIpc) is 3.99. The topological polar surface area (TPSA) is 117 Å². The number of benzene rings is 4. The van der Waals surface area contributed by atoms with Gasteiger partial charge in [-0.1, -0.05) is 84.3 Å². The summed E-state index contributed by atoms with van der Waals surface area (Å²) in [5, 5.41) is 26.7. The normalized spacial score (nSPS) is 17.3. The minimum absolute atomic E-state index is 0. The second-order valence-electron chi connectivity index (χ2n) is 12.4. The summed E-state index contributed by atoms with van der Waals surface area (Å²) in [4.78, 5) is 23.2. The fourth-order valence-electron chi connectivity index (χ4n) is 6.08. The van der Waals surface area contributed by atoms with E-state index in [4.69, 9.17) is 18.9 Å². The maximum Gasteiger partial charge on any atom is 2.00 e. The number of ether oxygens (including phenoxy) is 4. The van der Waals surface area contributed by atoms with E-state index in [1.807, 2.05) is 36.4 Å². The Morgan fingerprint density at radius 2 is 0.725 bits per heavy atom. The molecule has 0 atom stereocenters. The van der Waals surface area contributed by atoms with Crippen LogP contribution in [-0.2, 0) is 35.4 Å². The van der Waals surface area contributed by atoms with Crippen LogP contribution in [-0.4, -0.2) is 64.4 Å². The van der Waals surface area contributed by atoms with Gasteiger partial charge in [-0.25, -0.2) is 0 Å². The van der Waals surface area contributed by atoms with Crippen molar-refractivity contribution in [3.8, 4) is 11.5 Å². The fraction of sp³-hybridized carbons (Fsp3) is 0.381. The van der Waals surface area contributed by atoms with Crippen molar-refractivity contribution in [1.29, 1.82) is 0 Å². The molecule has 0 amide bonds. The fourth-order valence-corrected chi connectivity index (χ4v) is 6.08. The number of allylic oxidation sites excluding steroid dienone is 2. The molecule has 0 unspecified atom stereocenters. The molecule has 272 valence electrons. The Balaban J connectivity index is 0.000000149. The molecule has 0 bridgehead atoms. The zero-order valence-electron chi connectivity index (χ0n) is 29.0. The average molecular weight is 738 g/mol. The summed E-state index contributed by atoms with van der Waals surface area (Å²) in [5.41, 5.74) is 2.51. The number of hydrogen-bond donors (Lipinski definition) is 0. The number of ketones is 2. The number of carbonyl (C=O) groups excluding carboxylic acids is 2. The second kappa shape index (κ2) is 21.5. The summed E-state index contributed by atoms with van der Waals surface area (Å²) in [7, 11) is 0. The van der Waals surface area contributed by atoms with Gasteiger partial charge >= 0.3 is 16.5 Å². The van der Waals surface area contributed by atoms with E-state index in [0.29, 0.717) is 11.1 Å². The number of carbonyl (C=O) groups is 2. The summed E-state index contributed by atoms with van der Waals surface area (Å²) < 4.78 is 19.8. The van der Waals surface area contributed by atoms with E-state index >= 15 is 0 Å². The molecular weight excluding hydrogens is 691 g/mol. The third kappa shape index (κ3) is 11.6. The maximum absolute atomic E-state index is 11.6. The second-order valence-corrected chi connectivity index (χ2v) is 12.4. The van der Waals surface area contributed by atoms with Gasteiger partial charge in [0.1, 0.15) is 0 Å². The van der Waals surface area contributed by atoms with Crippen LogP contribution in [0.1, 0.15) is 83.2 Å². The molecule has 8 nitrogen and oxygen atoms in total. The van der Waals surface area contributed by atoms with Gasteiger partial charge in [-0.3, -0.25) is 9.59 Å². The van der Waals surface area contributed by atoms with Crippen LogP contribution in [0.3, 0.4) is 0 Å². The Labute approximate surface area is 310 Å². The molecule has 4 aromatic carbocycles. The van der Waals surface area contributed by atoms with E-state index in [9.17, 15) is 19.8 Å². The molecule has 10 rings (SSSR count). The Kier molecular flexibility index (Phi) is 16.8. The van der Waals surface area contributed by atoms with Gasteiger partial charge in [0.05, 0.1) is 0 Å². The summed E-state index contributed by atoms with van der Waals surface area (Å²) in [5.74, 6) is -0.762. The Bertz CT molecular complexity index is 1600. The van der Waals surface area contributed by atoms with Crippen molar-refractivity contribution in [1.82, 2.24) is 0 Å². The molecule has 6 aliphatic rings. The molecule has 4 aliphatic heterocycles. The first-order valence-electron chi connectivity index (χ1n) is 17.8. The van der Waals surface area contributed by atoms with Crippen LogP contribution in [0.15, 0.2) is 72.8 Å². The Morgan fingerprint density at radius 3 is 1.00 bits per heavy atom. The molecule has 0 spiro atoms. The van der Waals surface area contributed by atoms with Crippen molar-refractivity contribution in [2.24, 2.45) is 0 Å². The van der Waals surface area contributed by atoms with E-state index in [2.05, 4.69) is 0 Å². The van der Waals surface area contributed by atoms with Crippen molar-refractivity contribution in [2.45, 2.75) is 51.4 Å². The Morgan fingerprint density at radius 1 is 0.412 bits per heavy atom. The zero-order chi connectivity index (χ0) is 35.0. The molecule has 51 heavy (non-hydrogen) atoms. The van der Waals surface area contributed by atoms with Crippen LogP contribution < -0.4 is 10.2 Å². The molecule has 4 heterocycles. The standard InChI is InChI=1S/2C13H8O2.4C4H8O.Ni/c2*14-10-6-4-8-2-1-3-9-5-7-11(15)13(10)12(8)9;4*1-2-4-5-3-1;/h2*1-7,14H;4*1-4H2;/q;;;;;;+2/p-2. The van der Waals surface area contributed by atoms with Gasteiger partial charge in [-0.2, -0.15) is 0 Å². The third-order valence-corrected chi connectivity index (χ3v) is 8.71. The molecule has 0 N–H and O–H groups in total. The van der Waals surface area contributed by atoms with Crippen molar-refractivity contribution in [2.75, 3.05) is 52.9 Å².